The highest BCUT2D eigenvalue weighted by molar-refractivity contribution is 6.23. The minimum Gasteiger partial charge on any atom is -0.392 e. The van der Waals surface area contributed by atoms with Crippen LogP contribution in [0.4, 0.5) is 0 Å². The minimum absolute atomic E-state index is 0. The lowest BCUT2D eigenvalue weighted by Gasteiger charge is -2.26. The van der Waals surface area contributed by atoms with Gasteiger partial charge in [0, 0.05) is 6.42 Å². The van der Waals surface area contributed by atoms with Crippen LogP contribution in [0.3, 0.4) is 0 Å². The van der Waals surface area contributed by atoms with Crippen LogP contribution in [0, 0.1) is 0 Å². The van der Waals surface area contributed by atoms with Gasteiger partial charge in [0.1, 0.15) is 6.04 Å². The summed E-state index contributed by atoms with van der Waals surface area (Å²) in [4.78, 5) is 47.8. The maximum atomic E-state index is 12.1. The highest BCUT2D eigenvalue weighted by Gasteiger charge is 2.45. The molecule has 1 aromatic carbocycles. The van der Waals surface area contributed by atoms with E-state index >= 15 is 0 Å². The average molecular weight is 275 g/mol. The number of amides is 2. The van der Waals surface area contributed by atoms with Crippen molar-refractivity contribution in [3.8, 4) is 0 Å². The van der Waals surface area contributed by atoms with Crippen molar-refractivity contribution in [2.45, 2.75) is 26.3 Å². The van der Waals surface area contributed by atoms with Gasteiger partial charge in [0.05, 0.1) is 11.1 Å². The van der Waals surface area contributed by atoms with Gasteiger partial charge in [-0.25, -0.2) is 4.79 Å². The van der Waals surface area contributed by atoms with Crippen LogP contribution in [0.25, 0.3) is 0 Å². The van der Waals surface area contributed by atoms with Crippen LogP contribution in [0.1, 0.15) is 41.0 Å². The summed E-state index contributed by atoms with van der Waals surface area (Å²) in [6, 6.07) is 5.36. The number of rotatable bonds is 1. The number of hydrogen-bond donors (Lipinski definition) is 0. The number of hydrogen-bond acceptors (Lipinski definition) is 5. The van der Waals surface area contributed by atoms with Crippen LogP contribution >= 0.6 is 0 Å². The summed E-state index contributed by atoms with van der Waals surface area (Å²) in [6.07, 6.45) is 0.132. The van der Waals surface area contributed by atoms with Crippen molar-refractivity contribution in [3.63, 3.8) is 0 Å². The van der Waals surface area contributed by atoms with Crippen molar-refractivity contribution in [3.05, 3.63) is 35.4 Å². The van der Waals surface area contributed by atoms with Crippen LogP contribution in [-0.4, -0.2) is 34.7 Å². The van der Waals surface area contributed by atoms with E-state index in [1.165, 1.54) is 12.1 Å². The summed E-state index contributed by atoms with van der Waals surface area (Å²) in [5.74, 6) is -2.50. The van der Waals surface area contributed by atoms with Crippen molar-refractivity contribution >= 4 is 23.8 Å². The molecule has 0 bridgehead atoms. The molecule has 1 atom stereocenters. The van der Waals surface area contributed by atoms with E-state index in [1.54, 1.807) is 12.1 Å². The highest BCUT2D eigenvalue weighted by Crippen LogP contribution is 2.27. The molecule has 2 amide bonds. The van der Waals surface area contributed by atoms with Gasteiger partial charge in [-0.15, -0.1) is 0 Å². The van der Waals surface area contributed by atoms with Gasteiger partial charge >= 0.3 is 11.9 Å². The van der Waals surface area contributed by atoms with E-state index in [2.05, 4.69) is 4.74 Å². The number of imide groups is 1. The number of carbonyl (C=O) groups is 4. The van der Waals surface area contributed by atoms with Crippen molar-refractivity contribution in [1.82, 2.24) is 4.90 Å². The van der Waals surface area contributed by atoms with Crippen molar-refractivity contribution < 1.29 is 23.9 Å². The quantitative estimate of drug-likeness (QED) is 0.436. The molecule has 0 aliphatic carbocycles. The van der Waals surface area contributed by atoms with E-state index in [4.69, 9.17) is 0 Å². The Morgan fingerprint density at radius 1 is 1.00 bits per heavy atom. The van der Waals surface area contributed by atoms with Gasteiger partial charge in [-0.1, -0.05) is 19.6 Å². The van der Waals surface area contributed by atoms with E-state index in [0.717, 1.165) is 4.90 Å². The summed E-state index contributed by atoms with van der Waals surface area (Å²) >= 11 is 0. The molecule has 1 fully saturated rings. The summed E-state index contributed by atoms with van der Waals surface area (Å²) in [5, 5.41) is 0. The van der Waals surface area contributed by atoms with Crippen LogP contribution in [0.5, 0.6) is 0 Å². The minimum atomic E-state index is -1.01. The first kappa shape index (κ1) is 13.9. The Morgan fingerprint density at radius 2 is 1.55 bits per heavy atom. The normalized spacial score (nSPS) is 21.4. The van der Waals surface area contributed by atoms with E-state index < -0.39 is 29.8 Å². The first-order valence-electron chi connectivity index (χ1n) is 5.81. The van der Waals surface area contributed by atoms with Crippen molar-refractivity contribution in [2.24, 2.45) is 0 Å². The molecule has 1 aromatic rings. The third kappa shape index (κ3) is 1.89. The van der Waals surface area contributed by atoms with Crippen LogP contribution < -0.4 is 0 Å². The maximum Gasteiger partial charge on any atom is 0.337 e. The molecule has 0 aromatic heterocycles. The lowest BCUT2D eigenvalue weighted by Crippen LogP contribution is -2.48. The van der Waals surface area contributed by atoms with Crippen LogP contribution in [0.2, 0.25) is 0 Å². The lowest BCUT2D eigenvalue weighted by atomic mass is 10.1. The predicted octanol–water partition coefficient (Wildman–Crippen LogP) is 1.15. The molecule has 20 heavy (non-hydrogen) atoms. The fourth-order valence-corrected chi connectivity index (χ4v) is 2.33. The molecular weight excluding hydrogens is 262 g/mol. The van der Waals surface area contributed by atoms with Crippen LogP contribution in [-0.2, 0) is 14.3 Å². The summed E-state index contributed by atoms with van der Waals surface area (Å²) in [6.45, 7) is 0. The van der Waals surface area contributed by atoms with Gasteiger partial charge < -0.3 is 4.74 Å². The zero-order valence-corrected chi connectivity index (χ0v) is 9.79. The van der Waals surface area contributed by atoms with E-state index in [0.29, 0.717) is 0 Å². The predicted molar refractivity (Wildman–Crippen MR) is 67.8 cm³/mol. The molecule has 3 rings (SSSR count). The molecule has 104 valence electrons. The average Bonchev–Trinajstić information content (AvgIpc) is 2.64. The topological polar surface area (TPSA) is 80.8 Å². The number of esters is 2. The summed E-state index contributed by atoms with van der Waals surface area (Å²) < 4.78 is 4.48. The Balaban J connectivity index is 0.00000147. The highest BCUT2D eigenvalue weighted by atomic mass is 16.6. The van der Waals surface area contributed by atoms with Gasteiger partial charge in [0.25, 0.3) is 11.8 Å². The van der Waals surface area contributed by atoms with Gasteiger partial charge in [0.15, 0.2) is 0 Å². The molecule has 0 saturated carbocycles. The zero-order chi connectivity index (χ0) is 13.6. The maximum absolute atomic E-state index is 12.1. The fourth-order valence-electron chi connectivity index (χ4n) is 2.33. The Labute approximate surface area is 115 Å². The first-order valence-corrected chi connectivity index (χ1v) is 5.81. The molecule has 0 radical (unpaired) electrons. The number of cyclic esters (lactones) is 2. The Bertz CT molecular complexity index is 587. The standard InChI is InChI=1S/C13H9NO5.CH4/c15-10-6-5-9(13(18)19-10)14-11(16)7-3-1-2-4-8(7)12(14)17;/h1-4,9H,5-6H2;1H4/t9-;/m0./s1. The van der Waals surface area contributed by atoms with Crippen LogP contribution in [0.15, 0.2) is 24.3 Å². The second-order valence-corrected chi connectivity index (χ2v) is 4.37. The second kappa shape index (κ2) is 4.88. The summed E-state index contributed by atoms with van der Waals surface area (Å²) in [5.41, 5.74) is 0.550. The number of ether oxygens (including phenoxy) is 1. The first-order chi connectivity index (χ1) is 9.09. The van der Waals surface area contributed by atoms with Gasteiger partial charge in [-0.2, -0.15) is 0 Å². The Morgan fingerprint density at radius 3 is 2.05 bits per heavy atom. The molecular formula is C14H13NO5. The Hall–Kier alpha value is -2.50. The third-order valence-electron chi connectivity index (χ3n) is 3.25. The van der Waals surface area contributed by atoms with Gasteiger partial charge in [-0.05, 0) is 18.6 Å². The zero-order valence-electron chi connectivity index (χ0n) is 9.79. The molecule has 2 aliphatic rings. The molecule has 1 saturated heterocycles. The smallest absolute Gasteiger partial charge is 0.337 e. The van der Waals surface area contributed by atoms with E-state index in [9.17, 15) is 19.2 Å². The number of nitrogens with zero attached hydrogens (tertiary/aromatic N) is 1. The number of fused-ring (bicyclic) bond motifs is 1. The molecule has 0 unspecified atom stereocenters. The second-order valence-electron chi connectivity index (χ2n) is 4.37. The molecule has 6 heteroatoms. The monoisotopic (exact) mass is 275 g/mol. The molecule has 6 nitrogen and oxygen atoms in total. The Kier molecular flexibility index (Phi) is 3.40. The molecule has 0 spiro atoms. The number of carbonyl (C=O) groups excluding carboxylic acids is 4. The van der Waals surface area contributed by atoms with Crippen molar-refractivity contribution in [1.29, 1.82) is 0 Å². The van der Waals surface area contributed by atoms with Gasteiger partial charge in [0.2, 0.25) is 0 Å². The SMILES string of the molecule is C.O=C1CC[C@H](N2C(=O)c3ccccc3C2=O)C(=O)O1. The number of benzene rings is 1. The summed E-state index contributed by atoms with van der Waals surface area (Å²) in [7, 11) is 0. The van der Waals surface area contributed by atoms with E-state index in [1.807, 2.05) is 0 Å². The molecule has 2 heterocycles. The largest absolute Gasteiger partial charge is 0.392 e. The van der Waals surface area contributed by atoms with Gasteiger partial charge in [-0.3, -0.25) is 19.3 Å². The molecule has 2 aliphatic heterocycles. The third-order valence-corrected chi connectivity index (χ3v) is 3.25. The fraction of sp³-hybridized carbons (Fsp3) is 0.286. The lowest BCUT2D eigenvalue weighted by molar-refractivity contribution is -0.167. The molecule has 0 N–H and O–H groups in total. The van der Waals surface area contributed by atoms with Crippen molar-refractivity contribution in [2.75, 3.05) is 0 Å². The van der Waals surface area contributed by atoms with E-state index in [-0.39, 0.29) is 31.4 Å².